The summed E-state index contributed by atoms with van der Waals surface area (Å²) in [6, 6.07) is 16.2. The number of rotatable bonds is 6. The lowest BCUT2D eigenvalue weighted by atomic mass is 10.1. The third kappa shape index (κ3) is 4.80. The molecular formula is C27H18FNO7. The van der Waals surface area contributed by atoms with E-state index < -0.39 is 22.8 Å². The number of fused-ring (bicyclic) bond motifs is 2. The molecule has 2 heterocycles. The average molecular weight is 487 g/mol. The van der Waals surface area contributed by atoms with Gasteiger partial charge in [0.05, 0.1) is 5.39 Å². The maximum Gasteiger partial charge on any atom is 0.336 e. The number of nitrogens with one attached hydrogen (secondary N) is 1. The summed E-state index contributed by atoms with van der Waals surface area (Å²) in [5.41, 5.74) is 0.891. The van der Waals surface area contributed by atoms with Crippen molar-refractivity contribution in [2.24, 2.45) is 0 Å². The number of benzene rings is 3. The predicted octanol–water partition coefficient (Wildman–Crippen LogP) is 5.16. The Labute approximate surface area is 202 Å². The first kappa shape index (κ1) is 22.9. The van der Waals surface area contributed by atoms with E-state index in [9.17, 15) is 18.8 Å². The van der Waals surface area contributed by atoms with Crippen molar-refractivity contribution >= 4 is 33.5 Å². The first-order chi connectivity index (χ1) is 17.4. The Hall–Kier alpha value is -4.92. The molecule has 5 aromatic rings. The molecule has 9 heteroatoms. The number of ether oxygens (including phenoxy) is 2. The lowest BCUT2D eigenvalue weighted by Crippen LogP contribution is -2.20. The minimum Gasteiger partial charge on any atom is -0.484 e. The molecule has 36 heavy (non-hydrogen) atoms. The summed E-state index contributed by atoms with van der Waals surface area (Å²) < 4.78 is 34.9. The zero-order valence-electron chi connectivity index (χ0n) is 18.9. The van der Waals surface area contributed by atoms with Crippen LogP contribution in [-0.2, 0) is 4.79 Å². The maximum absolute atomic E-state index is 13.0. The highest BCUT2D eigenvalue weighted by Crippen LogP contribution is 2.27. The van der Waals surface area contributed by atoms with Crippen LogP contribution in [0.2, 0.25) is 0 Å². The van der Waals surface area contributed by atoms with E-state index in [1.807, 2.05) is 0 Å². The van der Waals surface area contributed by atoms with Gasteiger partial charge in [0, 0.05) is 29.3 Å². The molecule has 180 valence electrons. The smallest absolute Gasteiger partial charge is 0.336 e. The molecule has 5 rings (SSSR count). The van der Waals surface area contributed by atoms with E-state index in [4.69, 9.17) is 18.3 Å². The zero-order chi connectivity index (χ0) is 25.2. The van der Waals surface area contributed by atoms with Crippen molar-refractivity contribution in [1.82, 2.24) is 0 Å². The van der Waals surface area contributed by atoms with Gasteiger partial charge in [-0.05, 0) is 61.0 Å². The molecule has 0 unspecified atom stereocenters. The number of anilines is 1. The van der Waals surface area contributed by atoms with Crippen LogP contribution in [0.4, 0.5) is 10.1 Å². The van der Waals surface area contributed by atoms with E-state index >= 15 is 0 Å². The van der Waals surface area contributed by atoms with Crippen LogP contribution in [0.25, 0.3) is 21.9 Å². The molecule has 0 atom stereocenters. The third-order valence-electron chi connectivity index (χ3n) is 5.36. The Bertz CT molecular complexity index is 1720. The lowest BCUT2D eigenvalue weighted by Gasteiger charge is -2.09. The highest BCUT2D eigenvalue weighted by Gasteiger charge is 2.12. The second-order valence-corrected chi connectivity index (χ2v) is 7.94. The van der Waals surface area contributed by atoms with Gasteiger partial charge in [0.1, 0.15) is 34.7 Å². The number of hydrogen-bond acceptors (Lipinski definition) is 7. The number of carbonyl (C=O) groups is 1. The molecule has 0 saturated heterocycles. The molecule has 0 spiro atoms. The van der Waals surface area contributed by atoms with Crippen LogP contribution in [0.3, 0.4) is 0 Å². The molecule has 0 fully saturated rings. The Morgan fingerprint density at radius 2 is 1.64 bits per heavy atom. The van der Waals surface area contributed by atoms with Gasteiger partial charge in [0.25, 0.3) is 5.91 Å². The SMILES string of the molecule is Cc1cc(=O)oc2cc(Oc3coc4cc(OCC(=O)Nc5ccc(F)cc5)ccc4c3=O)ccc12. The highest BCUT2D eigenvalue weighted by atomic mass is 19.1. The summed E-state index contributed by atoms with van der Waals surface area (Å²) in [5.74, 6) is -0.280. The van der Waals surface area contributed by atoms with Gasteiger partial charge in [-0.1, -0.05) is 0 Å². The minimum atomic E-state index is -0.478. The third-order valence-corrected chi connectivity index (χ3v) is 5.36. The van der Waals surface area contributed by atoms with Gasteiger partial charge >= 0.3 is 5.63 Å². The van der Waals surface area contributed by atoms with Gasteiger partial charge in [0.15, 0.2) is 6.61 Å². The van der Waals surface area contributed by atoms with Gasteiger partial charge < -0.3 is 23.6 Å². The molecule has 0 aliphatic heterocycles. The Kier molecular flexibility index (Phi) is 5.95. The van der Waals surface area contributed by atoms with Crippen LogP contribution >= 0.6 is 0 Å². The van der Waals surface area contributed by atoms with Crippen LogP contribution in [0, 0.1) is 12.7 Å². The quantitative estimate of drug-likeness (QED) is 0.330. The summed E-state index contributed by atoms with van der Waals surface area (Å²) in [4.78, 5) is 36.7. The largest absolute Gasteiger partial charge is 0.484 e. The number of hydrogen-bond donors (Lipinski definition) is 1. The average Bonchev–Trinajstić information content (AvgIpc) is 2.85. The van der Waals surface area contributed by atoms with Crippen LogP contribution in [-0.4, -0.2) is 12.5 Å². The number of halogens is 1. The lowest BCUT2D eigenvalue weighted by molar-refractivity contribution is -0.118. The molecule has 0 aliphatic rings. The second-order valence-electron chi connectivity index (χ2n) is 7.94. The topological polar surface area (TPSA) is 108 Å². The molecule has 8 nitrogen and oxygen atoms in total. The first-order valence-electron chi connectivity index (χ1n) is 10.8. The van der Waals surface area contributed by atoms with Crippen LogP contribution in [0.15, 0.2) is 91.4 Å². The fourth-order valence-electron chi connectivity index (χ4n) is 3.63. The number of aryl methyl sites for hydroxylation is 1. The standard InChI is InChI=1S/C27H18FNO7/c1-15-10-26(31)36-23-12-19(7-8-20(15)23)35-24-13-34-22-11-18(6-9-21(22)27(24)32)33-14-25(30)29-17-4-2-16(28)3-5-17/h2-13H,14H2,1H3,(H,29,30). The maximum atomic E-state index is 13.0. The van der Waals surface area contributed by atoms with E-state index in [0.717, 1.165) is 10.9 Å². The van der Waals surface area contributed by atoms with Crippen molar-refractivity contribution in [1.29, 1.82) is 0 Å². The van der Waals surface area contributed by atoms with Crippen LogP contribution in [0.1, 0.15) is 5.56 Å². The van der Waals surface area contributed by atoms with E-state index in [1.165, 1.54) is 60.9 Å². The van der Waals surface area contributed by atoms with Crippen LogP contribution in [0.5, 0.6) is 17.2 Å². The minimum absolute atomic E-state index is 0.0517. The van der Waals surface area contributed by atoms with E-state index in [2.05, 4.69) is 5.32 Å². The van der Waals surface area contributed by atoms with Crippen LogP contribution < -0.4 is 25.8 Å². The first-order valence-corrected chi connectivity index (χ1v) is 10.8. The summed E-state index contributed by atoms with van der Waals surface area (Å²) in [6.45, 7) is 1.50. The van der Waals surface area contributed by atoms with Gasteiger partial charge in [-0.3, -0.25) is 9.59 Å². The van der Waals surface area contributed by atoms with Crippen molar-refractivity contribution in [3.05, 3.63) is 105 Å². The molecule has 1 N–H and O–H groups in total. The molecule has 0 aliphatic carbocycles. The number of carbonyl (C=O) groups excluding carboxylic acids is 1. The Morgan fingerprint density at radius 3 is 2.44 bits per heavy atom. The second kappa shape index (κ2) is 9.38. The van der Waals surface area contributed by atoms with Crippen molar-refractivity contribution in [2.45, 2.75) is 6.92 Å². The normalized spacial score (nSPS) is 10.9. The summed E-state index contributed by atoms with van der Waals surface area (Å²) >= 11 is 0. The summed E-state index contributed by atoms with van der Waals surface area (Å²) in [6.07, 6.45) is 1.17. The fourth-order valence-corrected chi connectivity index (χ4v) is 3.63. The summed E-state index contributed by atoms with van der Waals surface area (Å²) in [7, 11) is 0. The molecule has 3 aromatic carbocycles. The molecular weight excluding hydrogens is 469 g/mol. The van der Waals surface area contributed by atoms with E-state index in [1.54, 1.807) is 19.1 Å². The molecule has 0 saturated carbocycles. The van der Waals surface area contributed by atoms with Gasteiger partial charge in [-0.25, -0.2) is 9.18 Å². The fraction of sp³-hybridized carbons (Fsp3) is 0.0741. The zero-order valence-corrected chi connectivity index (χ0v) is 18.9. The van der Waals surface area contributed by atoms with Gasteiger partial charge in [0.2, 0.25) is 11.2 Å². The van der Waals surface area contributed by atoms with Crippen molar-refractivity contribution in [3.8, 4) is 17.2 Å². The van der Waals surface area contributed by atoms with Gasteiger partial charge in [-0.15, -0.1) is 0 Å². The van der Waals surface area contributed by atoms with Crippen molar-refractivity contribution < 1.29 is 27.5 Å². The van der Waals surface area contributed by atoms with Gasteiger partial charge in [-0.2, -0.15) is 0 Å². The Morgan fingerprint density at radius 1 is 0.917 bits per heavy atom. The molecule has 0 bridgehead atoms. The molecule has 2 aromatic heterocycles. The van der Waals surface area contributed by atoms with E-state index in [0.29, 0.717) is 22.8 Å². The van der Waals surface area contributed by atoms with E-state index in [-0.39, 0.29) is 23.3 Å². The monoisotopic (exact) mass is 487 g/mol. The number of amides is 1. The predicted molar refractivity (Wildman–Crippen MR) is 130 cm³/mol. The van der Waals surface area contributed by atoms with Crippen molar-refractivity contribution in [2.75, 3.05) is 11.9 Å². The Balaban J connectivity index is 1.31. The highest BCUT2D eigenvalue weighted by molar-refractivity contribution is 5.92. The molecule has 1 amide bonds. The van der Waals surface area contributed by atoms with Crippen molar-refractivity contribution in [3.63, 3.8) is 0 Å². The molecule has 0 radical (unpaired) electrons. The summed E-state index contributed by atoms with van der Waals surface area (Å²) in [5, 5.41) is 3.59.